The Morgan fingerprint density at radius 2 is 1.69 bits per heavy atom. The zero-order valence-corrected chi connectivity index (χ0v) is 17.3. The third kappa shape index (κ3) is 4.00. The lowest BCUT2D eigenvalue weighted by atomic mass is 10.1. The second-order valence-corrected chi connectivity index (χ2v) is 8.11. The molecule has 29 heavy (non-hydrogen) atoms. The van der Waals surface area contributed by atoms with Gasteiger partial charge in [-0.2, -0.15) is 0 Å². The van der Waals surface area contributed by atoms with Crippen LogP contribution in [0.1, 0.15) is 38.7 Å². The fourth-order valence-electron chi connectivity index (χ4n) is 4.54. The second-order valence-electron chi connectivity index (χ2n) is 8.11. The largest absolute Gasteiger partial charge is 0.372 e. The minimum atomic E-state index is -0.121. The van der Waals surface area contributed by atoms with Crippen molar-refractivity contribution < 1.29 is 9.59 Å². The molecule has 2 aliphatic heterocycles. The predicted molar refractivity (Wildman–Crippen MR) is 118 cm³/mol. The first-order valence-corrected chi connectivity index (χ1v) is 10.6. The van der Waals surface area contributed by atoms with Crippen molar-refractivity contribution in [3.8, 4) is 0 Å². The third-order valence-corrected chi connectivity index (χ3v) is 6.03. The third-order valence-electron chi connectivity index (χ3n) is 6.03. The number of benzene rings is 2. The van der Waals surface area contributed by atoms with Crippen LogP contribution in [0.4, 0.5) is 17.1 Å². The zero-order chi connectivity index (χ0) is 20.4. The molecule has 5 nitrogen and oxygen atoms in total. The molecule has 1 saturated heterocycles. The summed E-state index contributed by atoms with van der Waals surface area (Å²) in [6, 6.07) is 16.2. The van der Waals surface area contributed by atoms with E-state index >= 15 is 0 Å². The summed E-state index contributed by atoms with van der Waals surface area (Å²) >= 11 is 0. The lowest BCUT2D eigenvalue weighted by molar-refractivity contribution is -0.121. The number of nitrogens with zero attached hydrogens (tertiary/aromatic N) is 3. The van der Waals surface area contributed by atoms with Crippen molar-refractivity contribution in [2.24, 2.45) is 0 Å². The van der Waals surface area contributed by atoms with Crippen LogP contribution in [0.25, 0.3) is 0 Å². The number of rotatable bonds is 4. The van der Waals surface area contributed by atoms with Gasteiger partial charge in [0.05, 0.1) is 0 Å². The standard InChI is InChI=1S/C24H29N3O2/c1-18-16-20-8-4-5-9-23(20)27(18)24(29)17-26(19(2)28)22-12-10-21(11-13-22)25-14-6-3-7-15-25/h4-5,8-13,18H,3,6-7,14-17H2,1-2H3. The first-order chi connectivity index (χ1) is 14.0. The summed E-state index contributed by atoms with van der Waals surface area (Å²) in [5, 5.41) is 0. The number of carbonyl (C=O) groups excluding carboxylic acids is 2. The lowest BCUT2D eigenvalue weighted by Gasteiger charge is -2.30. The molecule has 1 fully saturated rings. The minimum absolute atomic E-state index is 0.0437. The van der Waals surface area contributed by atoms with Crippen molar-refractivity contribution in [2.45, 2.75) is 45.6 Å². The van der Waals surface area contributed by atoms with Crippen LogP contribution in [0.5, 0.6) is 0 Å². The van der Waals surface area contributed by atoms with Gasteiger partial charge in [0, 0.05) is 43.1 Å². The van der Waals surface area contributed by atoms with E-state index in [0.717, 1.165) is 30.9 Å². The summed E-state index contributed by atoms with van der Waals surface area (Å²) in [5.41, 5.74) is 4.11. The van der Waals surface area contributed by atoms with Gasteiger partial charge in [0.15, 0.2) is 0 Å². The van der Waals surface area contributed by atoms with Crippen LogP contribution in [0, 0.1) is 0 Å². The van der Waals surface area contributed by atoms with Crippen LogP contribution in [0.3, 0.4) is 0 Å². The summed E-state index contributed by atoms with van der Waals surface area (Å²) in [4.78, 5) is 31.3. The molecule has 2 aromatic rings. The molecule has 0 aliphatic carbocycles. The molecule has 152 valence electrons. The molecule has 2 aromatic carbocycles. The molecule has 2 heterocycles. The van der Waals surface area contributed by atoms with Crippen LogP contribution in [0.2, 0.25) is 0 Å². The highest BCUT2D eigenvalue weighted by Gasteiger charge is 2.32. The van der Waals surface area contributed by atoms with Gasteiger partial charge < -0.3 is 14.7 Å². The van der Waals surface area contributed by atoms with Gasteiger partial charge in [-0.3, -0.25) is 9.59 Å². The van der Waals surface area contributed by atoms with E-state index in [4.69, 9.17) is 0 Å². The first-order valence-electron chi connectivity index (χ1n) is 10.6. The maximum atomic E-state index is 13.1. The molecule has 2 aliphatic rings. The summed E-state index contributed by atoms with van der Waals surface area (Å²) in [5.74, 6) is -0.165. The van der Waals surface area contributed by atoms with E-state index in [-0.39, 0.29) is 24.4 Å². The molecule has 0 saturated carbocycles. The van der Waals surface area contributed by atoms with Gasteiger partial charge in [0.2, 0.25) is 11.8 Å². The fourth-order valence-corrected chi connectivity index (χ4v) is 4.54. The van der Waals surface area contributed by atoms with Gasteiger partial charge in [0.1, 0.15) is 6.54 Å². The van der Waals surface area contributed by atoms with Gasteiger partial charge in [0.25, 0.3) is 0 Å². The Kier molecular flexibility index (Phi) is 5.56. The highest BCUT2D eigenvalue weighted by Crippen LogP contribution is 2.32. The van der Waals surface area contributed by atoms with Crippen molar-refractivity contribution in [1.29, 1.82) is 0 Å². The van der Waals surface area contributed by atoms with Crippen LogP contribution in [-0.4, -0.2) is 37.5 Å². The summed E-state index contributed by atoms with van der Waals surface area (Å²) < 4.78 is 0. The van der Waals surface area contributed by atoms with Crippen molar-refractivity contribution in [1.82, 2.24) is 0 Å². The highest BCUT2D eigenvalue weighted by atomic mass is 16.2. The van der Waals surface area contributed by atoms with Crippen molar-refractivity contribution in [2.75, 3.05) is 34.3 Å². The molecule has 1 atom stereocenters. The summed E-state index contributed by atoms with van der Waals surface area (Å²) in [6.45, 7) is 5.80. The van der Waals surface area contributed by atoms with Crippen LogP contribution in [-0.2, 0) is 16.0 Å². The van der Waals surface area contributed by atoms with Gasteiger partial charge >= 0.3 is 0 Å². The number of piperidine rings is 1. The van der Waals surface area contributed by atoms with Gasteiger partial charge in [-0.15, -0.1) is 0 Å². The number of carbonyl (C=O) groups is 2. The maximum absolute atomic E-state index is 13.1. The van der Waals surface area contributed by atoms with E-state index in [9.17, 15) is 9.59 Å². The molecule has 2 amide bonds. The molecule has 5 heteroatoms. The molecule has 0 bridgehead atoms. The van der Waals surface area contributed by atoms with Crippen LogP contribution < -0.4 is 14.7 Å². The van der Waals surface area contributed by atoms with Crippen molar-refractivity contribution >= 4 is 28.9 Å². The number of amides is 2. The normalized spacial score (nSPS) is 18.5. The SMILES string of the molecule is CC(=O)N(CC(=O)N1c2ccccc2CC1C)c1ccc(N2CCCCC2)cc1. The van der Waals surface area contributed by atoms with E-state index < -0.39 is 0 Å². The Hall–Kier alpha value is -2.82. The van der Waals surface area contributed by atoms with Gasteiger partial charge in [-0.05, 0) is 68.5 Å². The van der Waals surface area contributed by atoms with Gasteiger partial charge in [-0.25, -0.2) is 0 Å². The van der Waals surface area contributed by atoms with E-state index in [0.29, 0.717) is 0 Å². The molecule has 0 N–H and O–H groups in total. The Bertz CT molecular complexity index is 887. The Morgan fingerprint density at radius 3 is 2.38 bits per heavy atom. The van der Waals surface area contributed by atoms with Crippen molar-refractivity contribution in [3.05, 3.63) is 54.1 Å². The molecule has 4 rings (SSSR count). The van der Waals surface area contributed by atoms with Crippen LogP contribution in [0.15, 0.2) is 48.5 Å². The number of para-hydroxylation sites is 1. The highest BCUT2D eigenvalue weighted by molar-refractivity contribution is 6.04. The Labute approximate surface area is 172 Å². The fraction of sp³-hybridized carbons (Fsp3) is 0.417. The number of fused-ring (bicyclic) bond motifs is 1. The molecular formula is C24H29N3O2. The quantitative estimate of drug-likeness (QED) is 0.791. The zero-order valence-electron chi connectivity index (χ0n) is 17.3. The average molecular weight is 392 g/mol. The molecule has 1 unspecified atom stereocenters. The smallest absolute Gasteiger partial charge is 0.247 e. The van der Waals surface area contributed by atoms with E-state index in [1.165, 1.54) is 37.4 Å². The summed E-state index contributed by atoms with van der Waals surface area (Å²) in [6.07, 6.45) is 4.61. The average Bonchev–Trinajstić information content (AvgIpc) is 3.08. The minimum Gasteiger partial charge on any atom is -0.372 e. The van der Waals surface area contributed by atoms with E-state index in [1.54, 1.807) is 4.90 Å². The maximum Gasteiger partial charge on any atom is 0.247 e. The topological polar surface area (TPSA) is 43.9 Å². The monoisotopic (exact) mass is 391 g/mol. The van der Waals surface area contributed by atoms with Crippen molar-refractivity contribution in [3.63, 3.8) is 0 Å². The number of anilines is 3. The van der Waals surface area contributed by atoms with Gasteiger partial charge in [-0.1, -0.05) is 18.2 Å². The van der Waals surface area contributed by atoms with E-state index in [1.807, 2.05) is 35.2 Å². The lowest BCUT2D eigenvalue weighted by Crippen LogP contribution is -2.44. The number of hydrogen-bond donors (Lipinski definition) is 0. The summed E-state index contributed by atoms with van der Waals surface area (Å²) in [7, 11) is 0. The molecular weight excluding hydrogens is 362 g/mol. The van der Waals surface area contributed by atoms with Crippen LogP contribution >= 0.6 is 0 Å². The Morgan fingerprint density at radius 1 is 1.00 bits per heavy atom. The van der Waals surface area contributed by atoms with E-state index in [2.05, 4.69) is 30.0 Å². The molecule has 0 spiro atoms. The molecule has 0 radical (unpaired) electrons. The second kappa shape index (κ2) is 8.27. The first kappa shape index (κ1) is 19.5. The Balaban J connectivity index is 1.51. The predicted octanol–water partition coefficient (Wildman–Crippen LogP) is 4.01. The number of hydrogen-bond acceptors (Lipinski definition) is 3. The molecule has 0 aromatic heterocycles.